The van der Waals surface area contributed by atoms with Crippen molar-refractivity contribution in [2.24, 2.45) is 0 Å². The Labute approximate surface area is 105 Å². The molecule has 1 aromatic rings. The molecule has 0 bridgehead atoms. The zero-order chi connectivity index (χ0) is 13.1. The molecule has 0 spiro atoms. The summed E-state index contributed by atoms with van der Waals surface area (Å²) in [5.41, 5.74) is 3.49. The zero-order valence-corrected chi connectivity index (χ0v) is 11.8. The van der Waals surface area contributed by atoms with E-state index in [1.807, 2.05) is 7.05 Å². The molecule has 0 unspecified atom stereocenters. The molecule has 0 aliphatic carbocycles. The van der Waals surface area contributed by atoms with Gasteiger partial charge in [0.15, 0.2) is 0 Å². The fourth-order valence-electron chi connectivity index (χ4n) is 2.22. The third-order valence-electron chi connectivity index (χ3n) is 2.77. The molecule has 2 N–H and O–H groups in total. The van der Waals surface area contributed by atoms with Gasteiger partial charge in [-0.15, -0.1) is 0 Å². The van der Waals surface area contributed by atoms with Gasteiger partial charge < -0.3 is 15.4 Å². The van der Waals surface area contributed by atoms with Gasteiger partial charge in [0, 0.05) is 17.8 Å². The first-order valence-electron chi connectivity index (χ1n) is 5.97. The lowest BCUT2D eigenvalue weighted by Gasteiger charge is -2.28. The monoisotopic (exact) mass is 236 g/mol. The van der Waals surface area contributed by atoms with Crippen molar-refractivity contribution < 1.29 is 4.74 Å². The van der Waals surface area contributed by atoms with Gasteiger partial charge in [-0.1, -0.05) is 0 Å². The fourth-order valence-corrected chi connectivity index (χ4v) is 2.22. The summed E-state index contributed by atoms with van der Waals surface area (Å²) in [4.78, 5) is 0. The van der Waals surface area contributed by atoms with Gasteiger partial charge in [-0.2, -0.15) is 0 Å². The molecule has 0 atom stereocenters. The van der Waals surface area contributed by atoms with Crippen LogP contribution in [0.25, 0.3) is 0 Å². The molecule has 96 valence electrons. The number of methoxy groups -OCH3 is 1. The van der Waals surface area contributed by atoms with E-state index in [-0.39, 0.29) is 5.54 Å². The maximum atomic E-state index is 5.37. The smallest absolute Gasteiger partial charge is 0.124 e. The molecule has 0 saturated carbocycles. The van der Waals surface area contributed by atoms with Gasteiger partial charge in [0.1, 0.15) is 5.75 Å². The van der Waals surface area contributed by atoms with Crippen LogP contribution in [0, 0.1) is 13.8 Å². The summed E-state index contributed by atoms with van der Waals surface area (Å²) in [5.74, 6) is 0.974. The first kappa shape index (κ1) is 13.8. The Morgan fingerprint density at radius 1 is 1.18 bits per heavy atom. The molecule has 3 nitrogen and oxygen atoms in total. The number of hydrogen-bond acceptors (Lipinski definition) is 3. The van der Waals surface area contributed by atoms with Crippen LogP contribution in [0.5, 0.6) is 5.75 Å². The van der Waals surface area contributed by atoms with E-state index in [0.29, 0.717) is 0 Å². The van der Waals surface area contributed by atoms with Gasteiger partial charge in [-0.3, -0.25) is 0 Å². The normalized spacial score (nSPS) is 11.4. The minimum atomic E-state index is 0.0300. The second kappa shape index (κ2) is 5.41. The molecule has 0 aliphatic rings. The van der Waals surface area contributed by atoms with Crippen LogP contribution in [0.15, 0.2) is 12.1 Å². The first-order valence-corrected chi connectivity index (χ1v) is 5.97. The van der Waals surface area contributed by atoms with E-state index >= 15 is 0 Å². The van der Waals surface area contributed by atoms with E-state index in [9.17, 15) is 0 Å². The van der Waals surface area contributed by atoms with Crippen LogP contribution >= 0.6 is 0 Å². The quantitative estimate of drug-likeness (QED) is 0.824. The minimum Gasteiger partial charge on any atom is -0.496 e. The SMILES string of the molecule is CNCC(C)(C)Nc1cc(C)c(OC)c(C)c1. The zero-order valence-electron chi connectivity index (χ0n) is 11.8. The van der Waals surface area contributed by atoms with Gasteiger partial charge in [0.05, 0.1) is 7.11 Å². The Balaban J connectivity index is 2.94. The third-order valence-corrected chi connectivity index (χ3v) is 2.77. The number of ether oxygens (including phenoxy) is 1. The Bertz CT molecular complexity index is 363. The van der Waals surface area contributed by atoms with Crippen LogP contribution in [-0.4, -0.2) is 26.2 Å². The summed E-state index contributed by atoms with van der Waals surface area (Å²) in [6.07, 6.45) is 0. The van der Waals surface area contributed by atoms with Crippen molar-refractivity contribution in [3.05, 3.63) is 23.3 Å². The maximum absolute atomic E-state index is 5.37. The van der Waals surface area contributed by atoms with Crippen LogP contribution in [-0.2, 0) is 0 Å². The second-order valence-corrected chi connectivity index (χ2v) is 5.18. The van der Waals surface area contributed by atoms with Crippen LogP contribution in [0.4, 0.5) is 5.69 Å². The number of benzene rings is 1. The Kier molecular flexibility index (Phi) is 4.40. The summed E-state index contributed by atoms with van der Waals surface area (Å²) in [6.45, 7) is 9.41. The van der Waals surface area contributed by atoms with Crippen LogP contribution < -0.4 is 15.4 Å². The molecule has 3 heteroatoms. The largest absolute Gasteiger partial charge is 0.496 e. The highest BCUT2D eigenvalue weighted by Gasteiger charge is 2.17. The van der Waals surface area contributed by atoms with Crippen molar-refractivity contribution >= 4 is 5.69 Å². The Morgan fingerprint density at radius 2 is 1.71 bits per heavy atom. The van der Waals surface area contributed by atoms with Crippen molar-refractivity contribution in [1.82, 2.24) is 5.32 Å². The summed E-state index contributed by atoms with van der Waals surface area (Å²) >= 11 is 0. The van der Waals surface area contributed by atoms with Gasteiger partial charge in [-0.05, 0) is 58.0 Å². The molecule has 0 fully saturated rings. The summed E-state index contributed by atoms with van der Waals surface area (Å²) in [5, 5.41) is 6.73. The Hall–Kier alpha value is -1.22. The van der Waals surface area contributed by atoms with Crippen molar-refractivity contribution in [1.29, 1.82) is 0 Å². The van der Waals surface area contributed by atoms with Crippen LogP contribution in [0.3, 0.4) is 0 Å². The molecule has 0 aromatic heterocycles. The molecule has 0 radical (unpaired) electrons. The van der Waals surface area contributed by atoms with Crippen molar-refractivity contribution in [3.63, 3.8) is 0 Å². The number of rotatable bonds is 5. The standard InChI is InChI=1S/C14H24N2O/c1-10-7-12(8-11(2)13(10)17-6)16-14(3,4)9-15-5/h7-8,15-16H,9H2,1-6H3. The summed E-state index contributed by atoms with van der Waals surface area (Å²) in [6, 6.07) is 4.26. The molecule has 0 amide bonds. The Morgan fingerprint density at radius 3 is 2.12 bits per heavy atom. The topological polar surface area (TPSA) is 33.3 Å². The fraction of sp³-hybridized carbons (Fsp3) is 0.571. The first-order chi connectivity index (χ1) is 7.89. The second-order valence-electron chi connectivity index (χ2n) is 5.18. The van der Waals surface area contributed by atoms with Crippen LogP contribution in [0.2, 0.25) is 0 Å². The third kappa shape index (κ3) is 3.63. The molecule has 0 aliphatic heterocycles. The molecule has 17 heavy (non-hydrogen) atoms. The van der Waals surface area contributed by atoms with E-state index in [2.05, 4.69) is 50.5 Å². The van der Waals surface area contributed by atoms with Gasteiger partial charge in [0.25, 0.3) is 0 Å². The maximum Gasteiger partial charge on any atom is 0.124 e. The van der Waals surface area contributed by atoms with Gasteiger partial charge in [0.2, 0.25) is 0 Å². The lowest BCUT2D eigenvalue weighted by Crippen LogP contribution is -2.40. The van der Waals surface area contributed by atoms with Crippen molar-refractivity contribution in [2.45, 2.75) is 33.2 Å². The van der Waals surface area contributed by atoms with E-state index in [4.69, 9.17) is 4.74 Å². The lowest BCUT2D eigenvalue weighted by atomic mass is 10.0. The van der Waals surface area contributed by atoms with Crippen LogP contribution in [0.1, 0.15) is 25.0 Å². The average molecular weight is 236 g/mol. The number of aryl methyl sites for hydroxylation is 2. The highest BCUT2D eigenvalue weighted by Crippen LogP contribution is 2.28. The molecule has 0 saturated heterocycles. The molecular formula is C14H24N2O. The van der Waals surface area contributed by atoms with E-state index in [1.165, 1.54) is 0 Å². The number of hydrogen-bond donors (Lipinski definition) is 2. The number of nitrogens with one attached hydrogen (secondary N) is 2. The van der Waals surface area contributed by atoms with E-state index in [0.717, 1.165) is 29.1 Å². The molecule has 1 aromatic carbocycles. The average Bonchev–Trinajstić information content (AvgIpc) is 2.15. The highest BCUT2D eigenvalue weighted by molar-refractivity contribution is 5.56. The summed E-state index contributed by atoms with van der Waals surface area (Å²) < 4.78 is 5.37. The van der Waals surface area contributed by atoms with Gasteiger partial charge >= 0.3 is 0 Å². The number of likely N-dealkylation sites (N-methyl/N-ethyl adjacent to an activating group) is 1. The molecular weight excluding hydrogens is 212 g/mol. The van der Waals surface area contributed by atoms with E-state index in [1.54, 1.807) is 7.11 Å². The van der Waals surface area contributed by atoms with Crippen molar-refractivity contribution in [2.75, 3.05) is 26.0 Å². The van der Waals surface area contributed by atoms with Crippen molar-refractivity contribution in [3.8, 4) is 5.75 Å². The summed E-state index contributed by atoms with van der Waals surface area (Å²) in [7, 11) is 3.68. The lowest BCUT2D eigenvalue weighted by molar-refractivity contribution is 0.408. The number of anilines is 1. The minimum absolute atomic E-state index is 0.0300. The highest BCUT2D eigenvalue weighted by atomic mass is 16.5. The van der Waals surface area contributed by atoms with E-state index < -0.39 is 0 Å². The van der Waals surface area contributed by atoms with Gasteiger partial charge in [-0.25, -0.2) is 0 Å². The predicted octanol–water partition coefficient (Wildman–Crippen LogP) is 2.72. The molecule has 0 heterocycles. The molecule has 1 rings (SSSR count). The predicted molar refractivity (Wildman–Crippen MR) is 74.1 cm³/mol.